The molecule has 2 N–H and O–H groups in total. The van der Waals surface area contributed by atoms with Crippen LogP contribution in [-0.2, 0) is 11.2 Å². The molecule has 0 radical (unpaired) electrons. The molecule has 0 spiro atoms. The minimum atomic E-state index is -0.402. The summed E-state index contributed by atoms with van der Waals surface area (Å²) in [5, 5.41) is 17.0. The molecular weight excluding hydrogens is 272 g/mol. The first kappa shape index (κ1) is 13.8. The fraction of sp³-hybridized carbons (Fsp3) is 0.500. The van der Waals surface area contributed by atoms with Crippen LogP contribution in [0.2, 0.25) is 0 Å². The second kappa shape index (κ2) is 5.69. The standard InChI is InChI=1S/C14H18N4O3/c19-14-8-10-7-13(18(20)21)12(9-11(10)16-14)15-3-6-17-4-1-2-5-17/h7,9,15H,1-6,8H2,(H,16,19). The Morgan fingerprint density at radius 2 is 2.10 bits per heavy atom. The van der Waals surface area contributed by atoms with E-state index in [1.807, 2.05) is 0 Å². The predicted molar refractivity (Wildman–Crippen MR) is 79.6 cm³/mol. The van der Waals surface area contributed by atoms with Gasteiger partial charge in [-0.25, -0.2) is 0 Å². The van der Waals surface area contributed by atoms with Crippen LogP contribution in [-0.4, -0.2) is 41.9 Å². The highest BCUT2D eigenvalue weighted by molar-refractivity contribution is 6.00. The minimum Gasteiger partial charge on any atom is -0.378 e. The molecule has 0 bridgehead atoms. The highest BCUT2D eigenvalue weighted by atomic mass is 16.6. The Bertz CT molecular complexity index is 582. The van der Waals surface area contributed by atoms with Gasteiger partial charge < -0.3 is 15.5 Å². The number of likely N-dealkylation sites (tertiary alicyclic amines) is 1. The Kier molecular flexibility index (Phi) is 3.74. The van der Waals surface area contributed by atoms with Crippen molar-refractivity contribution < 1.29 is 9.72 Å². The number of nitro benzene ring substituents is 1. The van der Waals surface area contributed by atoms with Crippen molar-refractivity contribution in [3.63, 3.8) is 0 Å². The van der Waals surface area contributed by atoms with Crippen molar-refractivity contribution >= 4 is 23.0 Å². The van der Waals surface area contributed by atoms with Crippen molar-refractivity contribution in [3.05, 3.63) is 27.8 Å². The van der Waals surface area contributed by atoms with E-state index in [0.29, 0.717) is 23.5 Å². The Morgan fingerprint density at radius 3 is 2.81 bits per heavy atom. The summed E-state index contributed by atoms with van der Waals surface area (Å²) in [6.07, 6.45) is 2.67. The van der Waals surface area contributed by atoms with Crippen molar-refractivity contribution in [2.75, 3.05) is 36.8 Å². The number of fused-ring (bicyclic) bond motifs is 1. The number of hydrogen-bond acceptors (Lipinski definition) is 5. The highest BCUT2D eigenvalue weighted by Gasteiger charge is 2.24. The van der Waals surface area contributed by atoms with Gasteiger partial charge in [-0.1, -0.05) is 0 Å². The van der Waals surface area contributed by atoms with E-state index >= 15 is 0 Å². The molecule has 1 amide bonds. The monoisotopic (exact) mass is 290 g/mol. The molecular formula is C14H18N4O3. The second-order valence-electron chi connectivity index (χ2n) is 5.48. The number of nitrogens with zero attached hydrogens (tertiary/aromatic N) is 2. The van der Waals surface area contributed by atoms with Crippen molar-refractivity contribution in [3.8, 4) is 0 Å². The minimum absolute atomic E-state index is 0.0340. The van der Waals surface area contributed by atoms with E-state index in [9.17, 15) is 14.9 Å². The maximum atomic E-state index is 11.4. The zero-order chi connectivity index (χ0) is 14.8. The largest absolute Gasteiger partial charge is 0.378 e. The van der Waals surface area contributed by atoms with E-state index in [0.717, 1.165) is 19.6 Å². The van der Waals surface area contributed by atoms with Gasteiger partial charge in [0.1, 0.15) is 5.69 Å². The predicted octanol–water partition coefficient (Wildman–Crippen LogP) is 1.60. The molecule has 0 atom stereocenters. The number of carbonyl (C=O) groups is 1. The summed E-state index contributed by atoms with van der Waals surface area (Å²) in [6.45, 7) is 3.74. The third-order valence-electron chi connectivity index (χ3n) is 3.99. The zero-order valence-corrected chi connectivity index (χ0v) is 11.7. The van der Waals surface area contributed by atoms with E-state index in [-0.39, 0.29) is 18.0 Å². The molecule has 1 fully saturated rings. The Labute approximate surface area is 122 Å². The molecule has 112 valence electrons. The van der Waals surface area contributed by atoms with Crippen LogP contribution < -0.4 is 10.6 Å². The molecule has 0 saturated carbocycles. The van der Waals surface area contributed by atoms with Crippen LogP contribution in [0.3, 0.4) is 0 Å². The molecule has 2 aliphatic heterocycles. The topological polar surface area (TPSA) is 87.5 Å². The first-order chi connectivity index (χ1) is 10.1. The van der Waals surface area contributed by atoms with Crippen LogP contribution in [0, 0.1) is 10.1 Å². The third kappa shape index (κ3) is 2.97. The number of carbonyl (C=O) groups excluding carboxylic acids is 1. The smallest absolute Gasteiger partial charge is 0.292 e. The average Bonchev–Trinajstić information content (AvgIpc) is 3.05. The number of nitro groups is 1. The Hall–Kier alpha value is -2.15. The van der Waals surface area contributed by atoms with Gasteiger partial charge in [-0.05, 0) is 37.6 Å². The summed E-state index contributed by atoms with van der Waals surface area (Å²) in [5.41, 5.74) is 1.87. The molecule has 2 heterocycles. The molecule has 0 aliphatic carbocycles. The lowest BCUT2D eigenvalue weighted by Crippen LogP contribution is -2.26. The lowest BCUT2D eigenvalue weighted by Gasteiger charge is -2.15. The van der Waals surface area contributed by atoms with Crippen molar-refractivity contribution in [1.82, 2.24) is 4.90 Å². The molecule has 0 aromatic heterocycles. The zero-order valence-electron chi connectivity index (χ0n) is 11.7. The SMILES string of the molecule is O=C1Cc2cc([N+](=O)[O-])c(NCCN3CCCC3)cc2N1. The first-order valence-electron chi connectivity index (χ1n) is 7.21. The van der Waals surface area contributed by atoms with Crippen LogP contribution in [0.4, 0.5) is 17.1 Å². The highest BCUT2D eigenvalue weighted by Crippen LogP contribution is 2.34. The van der Waals surface area contributed by atoms with Crippen LogP contribution in [0.5, 0.6) is 0 Å². The van der Waals surface area contributed by atoms with Gasteiger partial charge in [-0.3, -0.25) is 14.9 Å². The van der Waals surface area contributed by atoms with Crippen LogP contribution in [0.25, 0.3) is 0 Å². The molecule has 7 nitrogen and oxygen atoms in total. The maximum absolute atomic E-state index is 11.4. The maximum Gasteiger partial charge on any atom is 0.292 e. The molecule has 2 aliphatic rings. The second-order valence-corrected chi connectivity index (χ2v) is 5.48. The summed E-state index contributed by atoms with van der Waals surface area (Å²) >= 11 is 0. The average molecular weight is 290 g/mol. The van der Waals surface area contributed by atoms with Crippen molar-refractivity contribution in [2.45, 2.75) is 19.3 Å². The van der Waals surface area contributed by atoms with E-state index in [1.165, 1.54) is 18.9 Å². The van der Waals surface area contributed by atoms with E-state index in [4.69, 9.17) is 0 Å². The van der Waals surface area contributed by atoms with Gasteiger partial charge in [0, 0.05) is 24.8 Å². The molecule has 1 saturated heterocycles. The molecule has 7 heteroatoms. The van der Waals surface area contributed by atoms with Gasteiger partial charge in [0.25, 0.3) is 5.69 Å². The normalized spacial score (nSPS) is 17.6. The van der Waals surface area contributed by atoms with E-state index in [2.05, 4.69) is 15.5 Å². The van der Waals surface area contributed by atoms with Gasteiger partial charge in [-0.15, -0.1) is 0 Å². The van der Waals surface area contributed by atoms with Gasteiger partial charge in [-0.2, -0.15) is 0 Å². The Balaban J connectivity index is 1.72. The number of amides is 1. The summed E-state index contributed by atoms with van der Waals surface area (Å²) in [4.78, 5) is 24.5. The molecule has 1 aromatic rings. The van der Waals surface area contributed by atoms with Gasteiger partial charge in [0.05, 0.1) is 11.3 Å². The van der Waals surface area contributed by atoms with Crippen molar-refractivity contribution in [2.24, 2.45) is 0 Å². The van der Waals surface area contributed by atoms with E-state index in [1.54, 1.807) is 6.07 Å². The first-order valence-corrected chi connectivity index (χ1v) is 7.21. The number of benzene rings is 1. The Morgan fingerprint density at radius 1 is 1.33 bits per heavy atom. The molecule has 0 unspecified atom stereocenters. The van der Waals surface area contributed by atoms with Crippen LogP contribution in [0.15, 0.2) is 12.1 Å². The lowest BCUT2D eigenvalue weighted by atomic mass is 10.1. The number of rotatable bonds is 5. The number of hydrogen-bond donors (Lipinski definition) is 2. The summed E-state index contributed by atoms with van der Waals surface area (Å²) in [5.74, 6) is -0.117. The molecule has 21 heavy (non-hydrogen) atoms. The fourth-order valence-electron chi connectivity index (χ4n) is 2.91. The van der Waals surface area contributed by atoms with Gasteiger partial charge >= 0.3 is 0 Å². The summed E-state index contributed by atoms with van der Waals surface area (Å²) in [6, 6.07) is 3.16. The van der Waals surface area contributed by atoms with Crippen molar-refractivity contribution in [1.29, 1.82) is 0 Å². The van der Waals surface area contributed by atoms with E-state index < -0.39 is 4.92 Å². The molecule has 3 rings (SSSR count). The fourth-order valence-corrected chi connectivity index (χ4v) is 2.91. The quantitative estimate of drug-likeness (QED) is 0.635. The lowest BCUT2D eigenvalue weighted by molar-refractivity contribution is -0.384. The van der Waals surface area contributed by atoms with Crippen LogP contribution in [0.1, 0.15) is 18.4 Å². The number of nitrogens with one attached hydrogen (secondary N) is 2. The third-order valence-corrected chi connectivity index (χ3v) is 3.99. The van der Waals surface area contributed by atoms with Crippen LogP contribution >= 0.6 is 0 Å². The van der Waals surface area contributed by atoms with Gasteiger partial charge in [0.2, 0.25) is 5.91 Å². The summed E-state index contributed by atoms with van der Waals surface area (Å²) in [7, 11) is 0. The number of anilines is 2. The summed E-state index contributed by atoms with van der Waals surface area (Å²) < 4.78 is 0. The molecule has 1 aromatic carbocycles. The van der Waals surface area contributed by atoms with Gasteiger partial charge in [0.15, 0.2) is 0 Å².